The molecule has 0 aromatic rings. The molecular weight excluding hydrogens is 170 g/mol. The van der Waals surface area contributed by atoms with Crippen LogP contribution in [0.25, 0.3) is 0 Å². The van der Waals surface area contributed by atoms with E-state index in [1.165, 1.54) is 7.05 Å². The Morgan fingerprint density at radius 3 is 2.46 bits per heavy atom. The van der Waals surface area contributed by atoms with E-state index in [9.17, 15) is 9.59 Å². The van der Waals surface area contributed by atoms with Crippen molar-refractivity contribution in [3.63, 3.8) is 0 Å². The van der Waals surface area contributed by atoms with Crippen molar-refractivity contribution in [1.82, 2.24) is 4.90 Å². The highest BCUT2D eigenvalue weighted by Crippen LogP contribution is 2.21. The largest absolute Gasteiger partial charge is 0.465 e. The van der Waals surface area contributed by atoms with Crippen LogP contribution in [0.4, 0.5) is 4.79 Å². The number of carbonyl (C=O) groups is 2. The van der Waals surface area contributed by atoms with E-state index in [1.54, 1.807) is 6.92 Å². The highest BCUT2D eigenvalue weighted by Gasteiger charge is 2.26. The van der Waals surface area contributed by atoms with Gasteiger partial charge in [0.15, 0.2) is 0 Å². The topological polar surface area (TPSA) is 57.6 Å². The summed E-state index contributed by atoms with van der Waals surface area (Å²) in [5.74, 6) is 0. The van der Waals surface area contributed by atoms with Gasteiger partial charge in [0.2, 0.25) is 0 Å². The molecule has 1 N–H and O–H groups in total. The molecule has 1 atom stereocenters. The second-order valence-electron chi connectivity index (χ2n) is 3.66. The first-order valence-corrected chi connectivity index (χ1v) is 4.35. The number of nitrogens with zero attached hydrogens (tertiary/aromatic N) is 1. The smallest absolute Gasteiger partial charge is 0.407 e. The molecule has 0 aliphatic heterocycles. The lowest BCUT2D eigenvalue weighted by Crippen LogP contribution is -2.37. The highest BCUT2D eigenvalue weighted by molar-refractivity contribution is 5.66. The molecule has 76 valence electrons. The fourth-order valence-electron chi connectivity index (χ4n) is 1.36. The summed E-state index contributed by atoms with van der Waals surface area (Å²) in [5, 5.41) is 8.62. The summed E-state index contributed by atoms with van der Waals surface area (Å²) < 4.78 is 0. The fourth-order valence-corrected chi connectivity index (χ4v) is 1.36. The first-order chi connectivity index (χ1) is 5.95. The predicted octanol–water partition coefficient (Wildman–Crippen LogP) is 1.60. The third-order valence-electron chi connectivity index (χ3n) is 2.03. The third-order valence-corrected chi connectivity index (χ3v) is 2.03. The molecule has 4 heteroatoms. The van der Waals surface area contributed by atoms with Gasteiger partial charge in [-0.25, -0.2) is 4.79 Å². The van der Waals surface area contributed by atoms with E-state index in [1.807, 2.05) is 6.92 Å². The summed E-state index contributed by atoms with van der Waals surface area (Å²) in [6.45, 7) is 4.02. The summed E-state index contributed by atoms with van der Waals surface area (Å²) in [6, 6.07) is 0. The monoisotopic (exact) mass is 187 g/mol. The van der Waals surface area contributed by atoms with Gasteiger partial charge in [0.05, 0.1) is 0 Å². The van der Waals surface area contributed by atoms with Gasteiger partial charge in [0.25, 0.3) is 0 Å². The third kappa shape index (κ3) is 3.92. The molecule has 0 rings (SSSR count). The standard InChI is InChI=1S/C9H17NO3/c1-4-5-9(2,7-11)6-10(3)8(12)13/h7H,4-6H2,1-3H3,(H,12,13). The minimum atomic E-state index is -0.996. The summed E-state index contributed by atoms with van der Waals surface area (Å²) >= 11 is 0. The van der Waals surface area contributed by atoms with Gasteiger partial charge in [-0.1, -0.05) is 20.3 Å². The summed E-state index contributed by atoms with van der Waals surface area (Å²) in [6.07, 6.45) is 1.44. The lowest BCUT2D eigenvalue weighted by atomic mass is 9.87. The number of carboxylic acid groups (broad SMARTS) is 1. The molecule has 0 spiro atoms. The van der Waals surface area contributed by atoms with E-state index in [0.717, 1.165) is 17.6 Å². The van der Waals surface area contributed by atoms with Gasteiger partial charge in [0.1, 0.15) is 6.29 Å². The van der Waals surface area contributed by atoms with Gasteiger partial charge in [-0.2, -0.15) is 0 Å². The predicted molar refractivity (Wildman–Crippen MR) is 49.7 cm³/mol. The zero-order valence-electron chi connectivity index (χ0n) is 8.41. The Kier molecular flexibility index (Phi) is 4.45. The number of aldehydes is 1. The summed E-state index contributed by atoms with van der Waals surface area (Å²) in [5.41, 5.74) is -0.540. The van der Waals surface area contributed by atoms with Crippen molar-refractivity contribution in [1.29, 1.82) is 0 Å². The molecule has 0 fully saturated rings. The maximum Gasteiger partial charge on any atom is 0.407 e. The first kappa shape index (κ1) is 11.9. The van der Waals surface area contributed by atoms with Crippen LogP contribution in [0.5, 0.6) is 0 Å². The fraction of sp³-hybridized carbons (Fsp3) is 0.778. The lowest BCUT2D eigenvalue weighted by molar-refractivity contribution is -0.116. The highest BCUT2D eigenvalue weighted by atomic mass is 16.4. The van der Waals surface area contributed by atoms with Crippen molar-refractivity contribution in [2.45, 2.75) is 26.7 Å². The van der Waals surface area contributed by atoms with Crippen LogP contribution in [-0.4, -0.2) is 36.0 Å². The Morgan fingerprint density at radius 1 is 1.62 bits per heavy atom. The van der Waals surface area contributed by atoms with E-state index in [2.05, 4.69) is 0 Å². The Labute approximate surface area is 78.5 Å². The van der Waals surface area contributed by atoms with Crippen molar-refractivity contribution >= 4 is 12.4 Å². The zero-order chi connectivity index (χ0) is 10.5. The molecule has 0 aliphatic carbocycles. The molecule has 0 heterocycles. The average Bonchev–Trinajstić information content (AvgIpc) is 2.04. The van der Waals surface area contributed by atoms with Crippen molar-refractivity contribution in [3.05, 3.63) is 0 Å². The molecule has 13 heavy (non-hydrogen) atoms. The van der Waals surface area contributed by atoms with Crippen LogP contribution in [-0.2, 0) is 4.79 Å². The zero-order valence-corrected chi connectivity index (χ0v) is 8.41. The minimum absolute atomic E-state index is 0.264. The van der Waals surface area contributed by atoms with Crippen LogP contribution in [0, 0.1) is 5.41 Å². The van der Waals surface area contributed by atoms with Crippen LogP contribution in [0.1, 0.15) is 26.7 Å². The SMILES string of the molecule is CCCC(C)(C=O)CN(C)C(=O)O. The molecule has 4 nitrogen and oxygen atoms in total. The van der Waals surface area contributed by atoms with Gasteiger partial charge in [-0.3, -0.25) is 0 Å². The van der Waals surface area contributed by atoms with E-state index in [-0.39, 0.29) is 6.54 Å². The number of rotatable bonds is 5. The van der Waals surface area contributed by atoms with Gasteiger partial charge in [0, 0.05) is 19.0 Å². The summed E-state index contributed by atoms with van der Waals surface area (Å²) in [7, 11) is 1.47. The maximum absolute atomic E-state index is 10.8. The number of carbonyl (C=O) groups excluding carboxylic acids is 1. The molecular formula is C9H17NO3. The van der Waals surface area contributed by atoms with Crippen LogP contribution >= 0.6 is 0 Å². The van der Waals surface area contributed by atoms with Crippen LogP contribution in [0.2, 0.25) is 0 Å². The van der Waals surface area contributed by atoms with E-state index < -0.39 is 11.5 Å². The number of amides is 1. The molecule has 0 saturated heterocycles. The second kappa shape index (κ2) is 4.84. The van der Waals surface area contributed by atoms with E-state index >= 15 is 0 Å². The molecule has 0 radical (unpaired) electrons. The van der Waals surface area contributed by atoms with E-state index in [0.29, 0.717) is 6.42 Å². The van der Waals surface area contributed by atoms with Crippen molar-refractivity contribution in [2.24, 2.45) is 5.41 Å². The number of hydrogen-bond acceptors (Lipinski definition) is 2. The van der Waals surface area contributed by atoms with Gasteiger partial charge < -0.3 is 14.8 Å². The van der Waals surface area contributed by atoms with Crippen molar-refractivity contribution < 1.29 is 14.7 Å². The lowest BCUT2D eigenvalue weighted by Gasteiger charge is -2.26. The van der Waals surface area contributed by atoms with E-state index in [4.69, 9.17) is 5.11 Å². The Morgan fingerprint density at radius 2 is 2.15 bits per heavy atom. The molecule has 1 unspecified atom stereocenters. The maximum atomic E-state index is 10.8. The molecule has 0 aromatic carbocycles. The average molecular weight is 187 g/mol. The molecule has 0 aliphatic rings. The van der Waals surface area contributed by atoms with Gasteiger partial charge >= 0.3 is 6.09 Å². The first-order valence-electron chi connectivity index (χ1n) is 4.35. The van der Waals surface area contributed by atoms with Crippen molar-refractivity contribution in [2.75, 3.05) is 13.6 Å². The van der Waals surface area contributed by atoms with Crippen molar-refractivity contribution in [3.8, 4) is 0 Å². The summed E-state index contributed by atoms with van der Waals surface area (Å²) in [4.78, 5) is 22.4. The molecule has 0 aromatic heterocycles. The van der Waals surface area contributed by atoms with Crippen LogP contribution < -0.4 is 0 Å². The second-order valence-corrected chi connectivity index (χ2v) is 3.66. The van der Waals surface area contributed by atoms with Crippen LogP contribution in [0.3, 0.4) is 0 Å². The Bertz CT molecular complexity index is 193. The normalized spacial score (nSPS) is 14.7. The Balaban J connectivity index is 4.25. The minimum Gasteiger partial charge on any atom is -0.465 e. The van der Waals surface area contributed by atoms with Crippen LogP contribution in [0.15, 0.2) is 0 Å². The number of hydrogen-bond donors (Lipinski definition) is 1. The Hall–Kier alpha value is -1.06. The molecule has 0 bridgehead atoms. The molecule has 1 amide bonds. The van der Waals surface area contributed by atoms with Gasteiger partial charge in [-0.05, 0) is 6.42 Å². The quantitative estimate of drug-likeness (QED) is 0.665. The van der Waals surface area contributed by atoms with Gasteiger partial charge in [-0.15, -0.1) is 0 Å². The molecule has 0 saturated carbocycles.